The summed E-state index contributed by atoms with van der Waals surface area (Å²) in [4.78, 5) is 0. The van der Waals surface area contributed by atoms with Crippen LogP contribution in [0.3, 0.4) is 0 Å². The minimum absolute atomic E-state index is 0.387. The van der Waals surface area contributed by atoms with Crippen molar-refractivity contribution in [3.63, 3.8) is 0 Å². The Morgan fingerprint density at radius 1 is 0.857 bits per heavy atom. The van der Waals surface area contributed by atoms with Gasteiger partial charge in [0.25, 0.3) is 0 Å². The van der Waals surface area contributed by atoms with Crippen molar-refractivity contribution in [3.8, 4) is 0 Å². The van der Waals surface area contributed by atoms with Crippen molar-refractivity contribution in [3.05, 3.63) is 11.6 Å². The molecule has 4 unspecified atom stereocenters. The van der Waals surface area contributed by atoms with Crippen molar-refractivity contribution in [2.75, 3.05) is 13.8 Å². The molecular formula is C39H74NOP. The Morgan fingerprint density at radius 3 is 2.07 bits per heavy atom. The molecule has 9 atom stereocenters. The van der Waals surface area contributed by atoms with Gasteiger partial charge in [0.15, 0.2) is 0 Å². The Morgan fingerprint density at radius 2 is 1.52 bits per heavy atom. The molecule has 3 heteroatoms. The molecule has 0 bridgehead atoms. The summed E-state index contributed by atoms with van der Waals surface area (Å²) in [6.45, 7) is 28.6. The van der Waals surface area contributed by atoms with Crippen LogP contribution in [0.5, 0.6) is 0 Å². The molecule has 0 radical (unpaired) electrons. The van der Waals surface area contributed by atoms with Crippen molar-refractivity contribution in [2.24, 2.45) is 58.2 Å². The highest BCUT2D eigenvalue weighted by atomic mass is 31.2. The number of hydrogen-bond donors (Lipinski definition) is 0. The van der Waals surface area contributed by atoms with Gasteiger partial charge in [0.05, 0.1) is 0 Å². The molecule has 0 aromatic carbocycles. The van der Waals surface area contributed by atoms with E-state index in [0.29, 0.717) is 22.9 Å². The van der Waals surface area contributed by atoms with Crippen LogP contribution in [0, 0.1) is 58.2 Å². The average Bonchev–Trinajstić information content (AvgIpc) is 3.25. The predicted octanol–water partition coefficient (Wildman–Crippen LogP) is 12.4. The van der Waals surface area contributed by atoms with E-state index < -0.39 is 0 Å². The topological polar surface area (TPSA) is 12.5 Å². The molecular weight excluding hydrogens is 529 g/mol. The summed E-state index contributed by atoms with van der Waals surface area (Å²) in [6.07, 6.45) is 20.5. The van der Waals surface area contributed by atoms with Gasteiger partial charge in [0.2, 0.25) is 0 Å². The molecule has 4 aliphatic rings. The summed E-state index contributed by atoms with van der Waals surface area (Å²) >= 11 is 0. The maximum absolute atomic E-state index is 5.33. The molecule has 0 spiro atoms. The normalized spacial score (nSPS) is 36.0. The molecule has 4 rings (SSSR count). The van der Waals surface area contributed by atoms with Crippen LogP contribution in [0.25, 0.3) is 0 Å². The summed E-state index contributed by atoms with van der Waals surface area (Å²) in [7, 11) is 1.39. The molecule has 0 aromatic heterocycles. The van der Waals surface area contributed by atoms with Gasteiger partial charge in [0, 0.05) is 19.2 Å². The Kier molecular flexibility index (Phi) is 13.6. The number of nitrogens with zero attached hydrogens (tertiary/aromatic N) is 1. The van der Waals surface area contributed by atoms with Crippen LogP contribution in [0.2, 0.25) is 0 Å². The zero-order chi connectivity index (χ0) is 31.4. The Labute approximate surface area is 265 Å². The highest BCUT2D eigenvalue weighted by Gasteiger charge is 2.59. The Hall–Kier alpha value is 0.0900. The highest BCUT2D eigenvalue weighted by molar-refractivity contribution is 7.49. The lowest BCUT2D eigenvalue weighted by molar-refractivity contribution is -0.0531. The average molecular weight is 604 g/mol. The molecule has 2 nitrogen and oxygen atoms in total. The van der Waals surface area contributed by atoms with E-state index in [9.17, 15) is 0 Å². The Bertz CT molecular complexity index is 841. The molecule has 4 aliphatic carbocycles. The molecule has 42 heavy (non-hydrogen) atoms. The van der Waals surface area contributed by atoms with Crippen molar-refractivity contribution >= 4 is 8.30 Å². The van der Waals surface area contributed by atoms with E-state index in [0.717, 1.165) is 47.3 Å². The first kappa shape index (κ1) is 36.6. The summed E-state index contributed by atoms with van der Waals surface area (Å²) in [5.74, 6) is 7.60. The van der Waals surface area contributed by atoms with Crippen molar-refractivity contribution in [1.29, 1.82) is 0 Å². The predicted molar refractivity (Wildman–Crippen MR) is 188 cm³/mol. The van der Waals surface area contributed by atoms with Crippen LogP contribution in [0.1, 0.15) is 153 Å². The van der Waals surface area contributed by atoms with Crippen LogP contribution in [-0.4, -0.2) is 30.5 Å². The summed E-state index contributed by atoms with van der Waals surface area (Å²) in [6, 6.07) is 1.15. The highest BCUT2D eigenvalue weighted by Crippen LogP contribution is 2.67. The van der Waals surface area contributed by atoms with Crippen LogP contribution >= 0.6 is 8.30 Å². The number of hydrogen-bond acceptors (Lipinski definition) is 2. The second kappa shape index (κ2) is 15.6. The summed E-state index contributed by atoms with van der Waals surface area (Å²) in [5, 5.41) is 0. The second-order valence-electron chi connectivity index (χ2n) is 17.2. The SMILES string of the molecule is CC(C)CCC[C@@H](C)[C@H]1CCC2C3CC=C4C[C@@H](CC(C)C)CC[C@]4(C)C3CC[C@@]21C.COP(C)N(C(C)C)C(C)C. The monoisotopic (exact) mass is 604 g/mol. The first-order chi connectivity index (χ1) is 19.6. The van der Waals surface area contributed by atoms with Crippen molar-refractivity contribution in [2.45, 2.75) is 165 Å². The van der Waals surface area contributed by atoms with Crippen LogP contribution in [0.4, 0.5) is 0 Å². The fourth-order valence-corrected chi connectivity index (χ4v) is 12.5. The first-order valence-electron chi connectivity index (χ1n) is 18.4. The largest absolute Gasteiger partial charge is 0.347 e. The minimum Gasteiger partial charge on any atom is -0.347 e. The smallest absolute Gasteiger partial charge is 0.101 e. The Balaban J connectivity index is 0.000000375. The van der Waals surface area contributed by atoms with Crippen LogP contribution < -0.4 is 0 Å². The number of rotatable bonds is 11. The maximum Gasteiger partial charge on any atom is 0.101 e. The molecule has 0 saturated heterocycles. The lowest BCUT2D eigenvalue weighted by atomic mass is 9.46. The van der Waals surface area contributed by atoms with E-state index in [-0.39, 0.29) is 8.30 Å². The molecule has 0 amide bonds. The fourth-order valence-electron chi connectivity index (χ4n) is 11.0. The van der Waals surface area contributed by atoms with Crippen LogP contribution in [0.15, 0.2) is 11.6 Å². The van der Waals surface area contributed by atoms with Crippen molar-refractivity contribution in [1.82, 2.24) is 4.67 Å². The third-order valence-corrected chi connectivity index (χ3v) is 15.0. The van der Waals surface area contributed by atoms with Gasteiger partial charge >= 0.3 is 0 Å². The zero-order valence-corrected chi connectivity index (χ0v) is 31.5. The lowest BCUT2D eigenvalue weighted by Crippen LogP contribution is -2.50. The third-order valence-electron chi connectivity index (χ3n) is 12.9. The van der Waals surface area contributed by atoms with Crippen molar-refractivity contribution < 1.29 is 4.52 Å². The number of fused-ring (bicyclic) bond motifs is 5. The minimum atomic E-state index is -0.387. The van der Waals surface area contributed by atoms with E-state index in [1.54, 1.807) is 7.11 Å². The molecule has 0 N–H and O–H groups in total. The van der Waals surface area contributed by atoms with Gasteiger partial charge in [0.1, 0.15) is 8.30 Å². The fraction of sp³-hybridized carbons (Fsp3) is 0.949. The summed E-state index contributed by atoms with van der Waals surface area (Å²) < 4.78 is 7.72. The van der Waals surface area contributed by atoms with E-state index in [4.69, 9.17) is 4.52 Å². The van der Waals surface area contributed by atoms with Gasteiger partial charge in [-0.05, 0) is 150 Å². The van der Waals surface area contributed by atoms with Gasteiger partial charge in [-0.2, -0.15) is 0 Å². The van der Waals surface area contributed by atoms with Gasteiger partial charge in [-0.15, -0.1) is 0 Å². The van der Waals surface area contributed by atoms with E-state index >= 15 is 0 Å². The van der Waals surface area contributed by atoms with Gasteiger partial charge in [-0.3, -0.25) is 4.67 Å². The second-order valence-corrected chi connectivity index (χ2v) is 19.0. The van der Waals surface area contributed by atoms with E-state index in [1.807, 2.05) is 5.57 Å². The summed E-state index contributed by atoms with van der Waals surface area (Å²) in [5.41, 5.74) is 3.07. The quantitative estimate of drug-likeness (QED) is 0.172. The van der Waals surface area contributed by atoms with E-state index in [1.165, 1.54) is 77.0 Å². The molecule has 3 fully saturated rings. The van der Waals surface area contributed by atoms with Gasteiger partial charge in [-0.25, -0.2) is 0 Å². The van der Waals surface area contributed by atoms with Gasteiger partial charge < -0.3 is 4.52 Å². The third kappa shape index (κ3) is 8.27. The van der Waals surface area contributed by atoms with Gasteiger partial charge in [-0.1, -0.05) is 79.4 Å². The van der Waals surface area contributed by atoms with Crippen LogP contribution in [-0.2, 0) is 4.52 Å². The number of allylic oxidation sites excluding steroid dienone is 2. The molecule has 3 saturated carbocycles. The lowest BCUT2D eigenvalue weighted by Gasteiger charge is -2.58. The zero-order valence-electron chi connectivity index (χ0n) is 30.6. The molecule has 0 aliphatic heterocycles. The maximum atomic E-state index is 5.33. The van der Waals surface area contributed by atoms with E-state index in [2.05, 4.69) is 93.6 Å². The standard InChI is InChI=1S/C31H54.C8H20NOP/c1-21(2)9-8-10-23(5)27-13-14-28-26-12-11-25-20-24(19-22(3)4)15-17-30(25,6)29(26)16-18-31(27,28)7;1-7(2)9(8(3)4)11(6)10-5/h11,21-24,26-29H,8-10,12-20H2,1-7H3;7-8H,1-6H3/t23-,24-,26?,27-,28?,29?,30+,31-;/m1./s1. The molecule has 0 aromatic rings. The first-order valence-corrected chi connectivity index (χ1v) is 20.1. The molecule has 246 valence electrons. The molecule has 0 heterocycles.